The Morgan fingerprint density at radius 3 is 1.12 bits per heavy atom. The quantitative estimate of drug-likeness (QED) is 0.156. The van der Waals surface area contributed by atoms with Crippen molar-refractivity contribution in [3.8, 4) is 0 Å². The van der Waals surface area contributed by atoms with E-state index in [4.69, 9.17) is 24.7 Å². The Morgan fingerprint density at radius 1 is 0.594 bits per heavy atom. The Labute approximate surface area is 189 Å². The summed E-state index contributed by atoms with van der Waals surface area (Å²) in [5.74, 6) is -0.952. The normalized spacial score (nSPS) is 11.1. The van der Waals surface area contributed by atoms with E-state index in [0.717, 1.165) is 0 Å². The number of nitrogens with two attached hydrogens (primary N) is 1. The molecule has 5 N–H and O–H groups in total. The molecular weight excluding hydrogens is 424 g/mol. The van der Waals surface area contributed by atoms with Crippen molar-refractivity contribution >= 4 is 23.6 Å². The zero-order valence-electron chi connectivity index (χ0n) is 19.3. The molecule has 0 radical (unpaired) electrons. The second kappa shape index (κ2) is 18.3. The number of rotatable bonds is 20. The average Bonchev–Trinajstić information content (AvgIpc) is 2.79. The first kappa shape index (κ1) is 29.7. The highest BCUT2D eigenvalue weighted by atomic mass is 16.5. The van der Waals surface area contributed by atoms with Gasteiger partial charge in [0.2, 0.25) is 23.6 Å². The molecule has 0 aromatic rings. The summed E-state index contributed by atoms with van der Waals surface area (Å²) in [6.07, 6.45) is 0.612. The van der Waals surface area contributed by atoms with E-state index in [9.17, 15) is 19.2 Å². The van der Waals surface area contributed by atoms with Crippen molar-refractivity contribution in [2.75, 3.05) is 74.0 Å². The van der Waals surface area contributed by atoms with E-state index in [1.165, 1.54) is 0 Å². The molecule has 4 amide bonds. The monoisotopic (exact) mass is 462 g/mol. The predicted octanol–water partition coefficient (Wildman–Crippen LogP) is -1.68. The molecule has 0 fully saturated rings. The van der Waals surface area contributed by atoms with E-state index in [1.807, 2.05) is 0 Å². The van der Waals surface area contributed by atoms with Crippen LogP contribution in [0.5, 0.6) is 0 Å². The highest BCUT2D eigenvalue weighted by Gasteiger charge is 2.33. The molecule has 0 aromatic carbocycles. The molecule has 0 unspecified atom stereocenters. The first-order valence-corrected chi connectivity index (χ1v) is 10.5. The maximum absolute atomic E-state index is 11.4. The summed E-state index contributed by atoms with van der Waals surface area (Å²) in [5.41, 5.74) is 4.37. The van der Waals surface area contributed by atoms with Gasteiger partial charge in [-0.2, -0.15) is 0 Å². The lowest BCUT2D eigenvalue weighted by atomic mass is 9.92. The van der Waals surface area contributed by atoms with Gasteiger partial charge in [-0.3, -0.25) is 19.2 Å². The molecule has 0 bridgehead atoms. The van der Waals surface area contributed by atoms with Gasteiger partial charge >= 0.3 is 0 Å². The molecule has 12 nitrogen and oxygen atoms in total. The van der Waals surface area contributed by atoms with E-state index in [1.54, 1.807) is 21.1 Å². The van der Waals surface area contributed by atoms with Crippen molar-refractivity contribution < 1.29 is 38.1 Å². The largest absolute Gasteiger partial charge is 0.380 e. The number of ether oxygens (including phenoxy) is 4. The third kappa shape index (κ3) is 15.5. The maximum atomic E-state index is 11.4. The summed E-state index contributed by atoms with van der Waals surface area (Å²) in [6, 6.07) is 0. The summed E-state index contributed by atoms with van der Waals surface area (Å²) < 4.78 is 22.7. The Bertz CT molecular complexity index is 514. The van der Waals surface area contributed by atoms with E-state index >= 15 is 0 Å². The number of primary amides is 1. The summed E-state index contributed by atoms with van der Waals surface area (Å²) in [7, 11) is 4.62. The van der Waals surface area contributed by atoms with Gasteiger partial charge in [0.05, 0.1) is 58.3 Å². The van der Waals surface area contributed by atoms with Crippen molar-refractivity contribution in [1.29, 1.82) is 0 Å². The molecule has 12 heteroatoms. The van der Waals surface area contributed by atoms with Crippen molar-refractivity contribution in [3.05, 3.63) is 0 Å². The fourth-order valence-corrected chi connectivity index (χ4v) is 2.45. The minimum Gasteiger partial charge on any atom is -0.380 e. The number of hydrogen-bond acceptors (Lipinski definition) is 8. The third-order valence-electron chi connectivity index (χ3n) is 4.38. The second-order valence-corrected chi connectivity index (χ2v) is 7.20. The highest BCUT2D eigenvalue weighted by molar-refractivity contribution is 5.76. The van der Waals surface area contributed by atoms with E-state index in [2.05, 4.69) is 16.0 Å². The van der Waals surface area contributed by atoms with Gasteiger partial charge in [0.1, 0.15) is 0 Å². The van der Waals surface area contributed by atoms with Crippen molar-refractivity contribution in [2.45, 2.75) is 25.7 Å². The molecule has 0 aromatic heterocycles. The van der Waals surface area contributed by atoms with E-state index in [0.29, 0.717) is 0 Å². The van der Waals surface area contributed by atoms with Crippen LogP contribution >= 0.6 is 0 Å². The lowest BCUT2D eigenvalue weighted by Crippen LogP contribution is -2.42. The molecule has 0 heterocycles. The molecule has 0 atom stereocenters. The average molecular weight is 463 g/mol. The van der Waals surface area contributed by atoms with E-state index in [-0.39, 0.29) is 96.3 Å². The lowest BCUT2D eigenvalue weighted by Gasteiger charge is -2.33. The summed E-state index contributed by atoms with van der Waals surface area (Å²) >= 11 is 0. The minimum atomic E-state index is -0.786. The fraction of sp³-hybridized carbons (Fsp3) is 0.800. The van der Waals surface area contributed by atoms with Crippen LogP contribution in [-0.4, -0.2) is 97.6 Å². The Balaban J connectivity index is 5.04. The standard InChI is InChI=1S/C20H38N4O8/c1-22-17(26)5-9-30-13-20(12-29-8-4-16(21)25,14-31-10-6-18(27)23-2)15-32-11-7-19(28)24-3/h4-15H2,1-3H3,(H2,21,25)(H,22,26)(H,23,27)(H,24,28). The molecule has 0 aliphatic carbocycles. The molecule has 0 spiro atoms. The molecule has 0 saturated carbocycles. The number of amides is 4. The lowest BCUT2D eigenvalue weighted by molar-refractivity contribution is -0.128. The van der Waals surface area contributed by atoms with Crippen LogP contribution in [0.25, 0.3) is 0 Å². The molecular formula is C20H38N4O8. The zero-order chi connectivity index (χ0) is 24.2. The number of carbonyl (C=O) groups excluding carboxylic acids is 4. The molecule has 0 aliphatic heterocycles. The van der Waals surface area contributed by atoms with Gasteiger partial charge in [-0.05, 0) is 0 Å². The molecule has 0 rings (SSSR count). The van der Waals surface area contributed by atoms with Crippen molar-refractivity contribution in [1.82, 2.24) is 16.0 Å². The SMILES string of the molecule is CNC(=O)CCOCC(COCCC(N)=O)(COCCC(=O)NC)COCCC(=O)NC. The van der Waals surface area contributed by atoms with Crippen molar-refractivity contribution in [2.24, 2.45) is 11.1 Å². The van der Waals surface area contributed by atoms with Gasteiger partial charge in [-0.25, -0.2) is 0 Å². The van der Waals surface area contributed by atoms with Crippen LogP contribution in [-0.2, 0) is 38.1 Å². The molecule has 0 saturated heterocycles. The van der Waals surface area contributed by atoms with Gasteiger partial charge in [-0.15, -0.1) is 0 Å². The van der Waals surface area contributed by atoms with Crippen LogP contribution in [0, 0.1) is 5.41 Å². The first-order chi connectivity index (χ1) is 15.3. The molecule has 0 aliphatic rings. The van der Waals surface area contributed by atoms with Crippen LogP contribution in [0.1, 0.15) is 25.7 Å². The molecule has 186 valence electrons. The topological polar surface area (TPSA) is 167 Å². The van der Waals surface area contributed by atoms with Gasteiger partial charge in [0.25, 0.3) is 0 Å². The van der Waals surface area contributed by atoms with Gasteiger partial charge in [-0.1, -0.05) is 0 Å². The van der Waals surface area contributed by atoms with Gasteiger partial charge in [0, 0.05) is 46.8 Å². The smallest absolute Gasteiger partial charge is 0.222 e. The zero-order valence-corrected chi connectivity index (χ0v) is 19.3. The predicted molar refractivity (Wildman–Crippen MR) is 116 cm³/mol. The summed E-state index contributed by atoms with van der Waals surface area (Å²) in [5, 5.41) is 7.56. The molecule has 32 heavy (non-hydrogen) atoms. The van der Waals surface area contributed by atoms with Gasteiger partial charge < -0.3 is 40.6 Å². The van der Waals surface area contributed by atoms with Crippen LogP contribution in [0.3, 0.4) is 0 Å². The summed E-state index contributed by atoms with van der Waals surface area (Å²) in [6.45, 7) is 1.20. The van der Waals surface area contributed by atoms with E-state index < -0.39 is 11.3 Å². The Kier molecular flexibility index (Phi) is 17.0. The summed E-state index contributed by atoms with van der Waals surface area (Å²) in [4.78, 5) is 45.3. The van der Waals surface area contributed by atoms with Crippen LogP contribution in [0.2, 0.25) is 0 Å². The Morgan fingerprint density at radius 2 is 0.875 bits per heavy atom. The Hall–Kier alpha value is -2.28. The van der Waals surface area contributed by atoms with Crippen LogP contribution in [0.15, 0.2) is 0 Å². The number of hydrogen-bond donors (Lipinski definition) is 4. The van der Waals surface area contributed by atoms with Crippen LogP contribution in [0.4, 0.5) is 0 Å². The fourth-order valence-electron chi connectivity index (χ4n) is 2.45. The number of carbonyl (C=O) groups is 4. The second-order valence-electron chi connectivity index (χ2n) is 7.20. The first-order valence-electron chi connectivity index (χ1n) is 10.5. The highest BCUT2D eigenvalue weighted by Crippen LogP contribution is 2.21. The third-order valence-corrected chi connectivity index (χ3v) is 4.38. The number of nitrogens with one attached hydrogen (secondary N) is 3. The van der Waals surface area contributed by atoms with Crippen molar-refractivity contribution in [3.63, 3.8) is 0 Å². The maximum Gasteiger partial charge on any atom is 0.222 e. The minimum absolute atomic E-state index is 0.0582. The van der Waals surface area contributed by atoms with Crippen LogP contribution < -0.4 is 21.7 Å². The van der Waals surface area contributed by atoms with Gasteiger partial charge in [0.15, 0.2) is 0 Å².